The largest absolute Gasteiger partial charge is 0.337 e. The second-order valence-corrected chi connectivity index (χ2v) is 4.70. The molecule has 1 aromatic carbocycles. The molecule has 0 bridgehead atoms. The van der Waals surface area contributed by atoms with Crippen LogP contribution in [0.4, 0.5) is 0 Å². The quantitative estimate of drug-likeness (QED) is 0.684. The van der Waals surface area contributed by atoms with Crippen molar-refractivity contribution < 1.29 is 4.79 Å². The average molecular weight is 292 g/mol. The summed E-state index contributed by atoms with van der Waals surface area (Å²) >= 11 is 3.92. The normalized spacial score (nSPS) is 15.8. The first-order chi connectivity index (χ1) is 9.79. The number of hydrogen-bond donors (Lipinski definition) is 1. The van der Waals surface area contributed by atoms with Crippen LogP contribution < -0.4 is 0 Å². The topological polar surface area (TPSA) is 23.6 Å². The van der Waals surface area contributed by atoms with Crippen LogP contribution in [0.5, 0.6) is 0 Å². The third-order valence-electron chi connectivity index (χ3n) is 3.15. The molecule has 20 heavy (non-hydrogen) atoms. The van der Waals surface area contributed by atoms with Gasteiger partial charge in [0, 0.05) is 38.8 Å². The molecule has 0 aromatic heterocycles. The Hall–Kier alpha value is -1.26. The summed E-state index contributed by atoms with van der Waals surface area (Å²) in [5.41, 5.74) is 1.33. The minimum atomic E-state index is 0.0596. The van der Waals surface area contributed by atoms with Gasteiger partial charge in [-0.2, -0.15) is 12.6 Å². The molecule has 1 aromatic rings. The summed E-state index contributed by atoms with van der Waals surface area (Å²) in [6, 6.07) is 10.4. The molecule has 0 unspecified atom stereocenters. The van der Waals surface area contributed by atoms with Gasteiger partial charge in [-0.15, -0.1) is 0 Å². The first-order valence-corrected chi connectivity index (χ1v) is 7.67. The van der Waals surface area contributed by atoms with Crippen LogP contribution in [-0.4, -0.2) is 41.9 Å². The van der Waals surface area contributed by atoms with E-state index in [1.165, 1.54) is 17.0 Å². The van der Waals surface area contributed by atoms with E-state index < -0.39 is 0 Å². The maximum absolute atomic E-state index is 11.6. The van der Waals surface area contributed by atoms with E-state index in [4.69, 9.17) is 0 Å². The molecule has 0 N–H and O–H groups in total. The van der Waals surface area contributed by atoms with Gasteiger partial charge in [0.15, 0.2) is 0 Å². The van der Waals surface area contributed by atoms with Crippen LogP contribution in [-0.2, 0) is 11.3 Å². The highest BCUT2D eigenvalue weighted by Gasteiger charge is 2.19. The lowest BCUT2D eigenvalue weighted by Gasteiger charge is -2.34. The second-order valence-electron chi connectivity index (χ2n) is 4.40. The van der Waals surface area contributed by atoms with Gasteiger partial charge < -0.3 is 4.90 Å². The van der Waals surface area contributed by atoms with E-state index in [9.17, 15) is 4.79 Å². The fourth-order valence-corrected chi connectivity index (χ4v) is 2.26. The molecule has 1 aliphatic heterocycles. The van der Waals surface area contributed by atoms with Crippen molar-refractivity contribution in [2.24, 2.45) is 0 Å². The molecule has 1 heterocycles. The van der Waals surface area contributed by atoms with Crippen LogP contribution in [0, 0.1) is 0 Å². The molecule has 0 spiro atoms. The van der Waals surface area contributed by atoms with E-state index in [1.807, 2.05) is 24.8 Å². The first-order valence-electron chi connectivity index (χ1n) is 7.15. The molecule has 0 saturated carbocycles. The molecule has 4 heteroatoms. The first kappa shape index (κ1) is 16.8. The van der Waals surface area contributed by atoms with Crippen LogP contribution in [0.1, 0.15) is 19.4 Å². The van der Waals surface area contributed by atoms with Crippen molar-refractivity contribution in [3.8, 4) is 0 Å². The zero-order chi connectivity index (χ0) is 14.8. The van der Waals surface area contributed by atoms with E-state index in [0.29, 0.717) is 0 Å². The van der Waals surface area contributed by atoms with Gasteiger partial charge in [0.1, 0.15) is 0 Å². The van der Waals surface area contributed by atoms with Gasteiger partial charge in [0.05, 0.1) is 0 Å². The van der Waals surface area contributed by atoms with E-state index in [1.54, 1.807) is 0 Å². The highest BCUT2D eigenvalue weighted by Crippen LogP contribution is 2.08. The minimum Gasteiger partial charge on any atom is -0.337 e. The maximum Gasteiger partial charge on any atom is 0.247 e. The Bertz CT molecular complexity index is 412. The van der Waals surface area contributed by atoms with Crippen molar-refractivity contribution in [2.75, 3.05) is 26.2 Å². The zero-order valence-electron chi connectivity index (χ0n) is 12.3. The van der Waals surface area contributed by atoms with E-state index >= 15 is 0 Å². The number of benzene rings is 1. The van der Waals surface area contributed by atoms with Crippen molar-refractivity contribution in [1.29, 1.82) is 0 Å². The molecule has 1 amide bonds. The van der Waals surface area contributed by atoms with Crippen LogP contribution >= 0.6 is 12.6 Å². The van der Waals surface area contributed by atoms with Crippen LogP contribution in [0.2, 0.25) is 0 Å². The molecule has 1 aliphatic rings. The molecule has 0 aliphatic carbocycles. The number of piperazine rings is 1. The Labute approximate surface area is 127 Å². The monoisotopic (exact) mass is 292 g/mol. The second kappa shape index (κ2) is 9.61. The van der Waals surface area contributed by atoms with E-state index in [0.717, 1.165) is 32.7 Å². The van der Waals surface area contributed by atoms with Gasteiger partial charge >= 0.3 is 0 Å². The van der Waals surface area contributed by atoms with Gasteiger partial charge in [0.2, 0.25) is 5.91 Å². The molecule has 0 radical (unpaired) electrons. The molecule has 0 atom stereocenters. The van der Waals surface area contributed by atoms with Gasteiger partial charge in [-0.25, -0.2) is 0 Å². The molecule has 110 valence electrons. The summed E-state index contributed by atoms with van der Waals surface area (Å²) in [6.45, 7) is 8.42. The fourth-order valence-electron chi connectivity index (χ4n) is 2.14. The number of nitrogens with zero attached hydrogens (tertiary/aromatic N) is 2. The summed E-state index contributed by atoms with van der Waals surface area (Å²) in [5, 5.41) is 1.50. The van der Waals surface area contributed by atoms with Gasteiger partial charge in [0.25, 0.3) is 0 Å². The number of rotatable bonds is 3. The Morgan fingerprint density at radius 1 is 1.15 bits per heavy atom. The minimum absolute atomic E-state index is 0.0596. The molecule has 2 rings (SSSR count). The van der Waals surface area contributed by atoms with Crippen molar-refractivity contribution in [3.05, 3.63) is 47.4 Å². The highest BCUT2D eigenvalue weighted by molar-refractivity contribution is 7.83. The number of hydrogen-bond acceptors (Lipinski definition) is 3. The summed E-state index contributed by atoms with van der Waals surface area (Å²) in [6.07, 6.45) is 1.51. The Morgan fingerprint density at radius 3 is 2.30 bits per heavy atom. The molecule has 1 saturated heterocycles. The third-order valence-corrected chi connectivity index (χ3v) is 3.30. The number of carbonyl (C=O) groups excluding carboxylic acids is 1. The van der Waals surface area contributed by atoms with Gasteiger partial charge in [-0.1, -0.05) is 44.2 Å². The molecule has 1 fully saturated rings. The van der Waals surface area contributed by atoms with Gasteiger partial charge in [-0.3, -0.25) is 9.69 Å². The van der Waals surface area contributed by atoms with E-state index in [2.05, 4.69) is 41.8 Å². The van der Waals surface area contributed by atoms with Crippen molar-refractivity contribution >= 4 is 18.5 Å². The standard InChI is InChI=1S/C14H18N2OS.C2H6/c17-14(6-11-18)16-9-7-15(8-10-16)12-13-4-2-1-3-5-13;1-2/h1-6,11,18H,7-10,12H2;1-2H3/b11-6-;. The Kier molecular flexibility index (Phi) is 8.07. The zero-order valence-corrected chi connectivity index (χ0v) is 13.2. The summed E-state index contributed by atoms with van der Waals surface area (Å²) in [4.78, 5) is 15.9. The lowest BCUT2D eigenvalue weighted by Crippen LogP contribution is -2.47. The van der Waals surface area contributed by atoms with Gasteiger partial charge in [-0.05, 0) is 11.0 Å². The molecular formula is C16H24N2OS. The predicted octanol–water partition coefficient (Wildman–Crippen LogP) is 2.80. The summed E-state index contributed by atoms with van der Waals surface area (Å²) < 4.78 is 0. The maximum atomic E-state index is 11.6. The van der Waals surface area contributed by atoms with Crippen LogP contribution in [0.15, 0.2) is 41.8 Å². The SMILES string of the molecule is CC.O=C(/C=C\S)N1CCN(Cc2ccccc2)CC1. The van der Waals surface area contributed by atoms with Crippen molar-refractivity contribution in [3.63, 3.8) is 0 Å². The fraction of sp³-hybridized carbons (Fsp3) is 0.438. The summed E-state index contributed by atoms with van der Waals surface area (Å²) in [5.74, 6) is 0.0596. The van der Waals surface area contributed by atoms with Crippen LogP contribution in [0.25, 0.3) is 0 Å². The predicted molar refractivity (Wildman–Crippen MR) is 87.8 cm³/mol. The lowest BCUT2D eigenvalue weighted by atomic mass is 10.2. The van der Waals surface area contributed by atoms with Crippen LogP contribution in [0.3, 0.4) is 0 Å². The number of carbonyl (C=O) groups is 1. The Morgan fingerprint density at radius 2 is 1.75 bits per heavy atom. The van der Waals surface area contributed by atoms with E-state index in [-0.39, 0.29) is 5.91 Å². The lowest BCUT2D eigenvalue weighted by molar-refractivity contribution is -0.127. The van der Waals surface area contributed by atoms with Crippen molar-refractivity contribution in [2.45, 2.75) is 20.4 Å². The summed E-state index contributed by atoms with van der Waals surface area (Å²) in [7, 11) is 0. The average Bonchev–Trinajstić information content (AvgIpc) is 2.51. The molecular weight excluding hydrogens is 268 g/mol. The highest BCUT2D eigenvalue weighted by atomic mass is 32.1. The van der Waals surface area contributed by atoms with Crippen molar-refractivity contribution in [1.82, 2.24) is 9.80 Å². The smallest absolute Gasteiger partial charge is 0.247 e. The molecule has 3 nitrogen and oxygen atoms in total. The number of thiol groups is 1. The third kappa shape index (κ3) is 5.39. The number of amides is 1. The Balaban J connectivity index is 0.000000956.